The van der Waals surface area contributed by atoms with Gasteiger partial charge in [0.15, 0.2) is 5.82 Å². The number of nitrogens with one attached hydrogen (secondary N) is 1. The lowest BCUT2D eigenvalue weighted by Crippen LogP contribution is -2.25. The molecule has 4 rings (SSSR count). The fourth-order valence-electron chi connectivity index (χ4n) is 2.75. The van der Waals surface area contributed by atoms with Crippen LogP contribution in [0.4, 0.5) is 0 Å². The van der Waals surface area contributed by atoms with E-state index in [0.29, 0.717) is 22.3 Å². The van der Waals surface area contributed by atoms with Crippen LogP contribution in [0.15, 0.2) is 59.1 Å². The summed E-state index contributed by atoms with van der Waals surface area (Å²) in [4.78, 5) is 0. The Kier molecular flexibility index (Phi) is 4.91. The molecule has 132 valence electrons. The zero-order valence-electron chi connectivity index (χ0n) is 13.6. The van der Waals surface area contributed by atoms with E-state index in [0.717, 1.165) is 22.0 Å². The summed E-state index contributed by atoms with van der Waals surface area (Å²) in [5.74, 6) is 0.673. The van der Waals surface area contributed by atoms with E-state index in [1.807, 2.05) is 46.5 Å². The number of aromatic nitrogens is 3. The van der Waals surface area contributed by atoms with E-state index in [4.69, 9.17) is 28.9 Å². The average Bonchev–Trinajstić information content (AvgIpc) is 3.06. The Morgan fingerprint density at radius 3 is 2.69 bits per heavy atom. The first kappa shape index (κ1) is 17.4. The molecule has 0 saturated heterocycles. The lowest BCUT2D eigenvalue weighted by atomic mass is 10.1. The standard InChI is InChI=1S/C18H15Cl2N5S/c19-12-6-7-13(14(20)9-12)16-10-26-18-23-22-17(25(18)24-16)15(21)8-11-4-2-1-3-5-11/h1-7,9-10,15,24H,8,21H2/t15-/m0/s1. The maximum absolute atomic E-state index is 6.39. The summed E-state index contributed by atoms with van der Waals surface area (Å²) in [5, 5.41) is 12.3. The SMILES string of the molecule is N[C@@H](Cc1ccccc1)c1nnc2n1NC(c1ccc(Cl)cc1Cl)=CS2. The number of hydrogen-bond acceptors (Lipinski definition) is 5. The Morgan fingerprint density at radius 2 is 1.92 bits per heavy atom. The zero-order chi connectivity index (χ0) is 18.1. The third-order valence-corrected chi connectivity index (χ3v) is 5.40. The smallest absolute Gasteiger partial charge is 0.214 e. The van der Waals surface area contributed by atoms with Crippen LogP contribution in [0.2, 0.25) is 10.0 Å². The van der Waals surface area contributed by atoms with Crippen molar-refractivity contribution in [3.63, 3.8) is 0 Å². The highest BCUT2D eigenvalue weighted by molar-refractivity contribution is 8.02. The Bertz CT molecular complexity index is 971. The second kappa shape index (κ2) is 7.32. The molecule has 1 atom stereocenters. The van der Waals surface area contributed by atoms with Crippen LogP contribution >= 0.6 is 35.0 Å². The minimum absolute atomic E-state index is 0.285. The minimum atomic E-state index is -0.285. The van der Waals surface area contributed by atoms with Gasteiger partial charge in [-0.25, -0.2) is 4.68 Å². The Hall–Kier alpha value is -1.99. The molecule has 0 amide bonds. The highest BCUT2D eigenvalue weighted by atomic mass is 35.5. The number of rotatable bonds is 4. The van der Waals surface area contributed by atoms with Crippen molar-refractivity contribution in [2.45, 2.75) is 17.6 Å². The van der Waals surface area contributed by atoms with Crippen molar-refractivity contribution >= 4 is 40.7 Å². The molecule has 0 radical (unpaired) electrons. The van der Waals surface area contributed by atoms with Crippen LogP contribution in [-0.2, 0) is 6.42 Å². The molecule has 0 aliphatic carbocycles. The molecule has 8 heteroatoms. The van der Waals surface area contributed by atoms with Crippen LogP contribution in [0.1, 0.15) is 23.0 Å². The number of nitrogens with two attached hydrogens (primary N) is 1. The summed E-state index contributed by atoms with van der Waals surface area (Å²) in [5.41, 5.74) is 12.6. The van der Waals surface area contributed by atoms with Gasteiger partial charge in [0.2, 0.25) is 5.16 Å². The van der Waals surface area contributed by atoms with Gasteiger partial charge in [0.1, 0.15) is 0 Å². The van der Waals surface area contributed by atoms with E-state index in [-0.39, 0.29) is 6.04 Å². The average molecular weight is 404 g/mol. The van der Waals surface area contributed by atoms with Gasteiger partial charge in [-0.15, -0.1) is 10.2 Å². The van der Waals surface area contributed by atoms with Gasteiger partial charge < -0.3 is 5.73 Å². The van der Waals surface area contributed by atoms with Crippen LogP contribution in [0, 0.1) is 0 Å². The molecule has 0 unspecified atom stereocenters. The molecular formula is C18H15Cl2N5S. The summed E-state index contributed by atoms with van der Waals surface area (Å²) >= 11 is 13.8. The van der Waals surface area contributed by atoms with E-state index in [9.17, 15) is 0 Å². The van der Waals surface area contributed by atoms with Gasteiger partial charge in [0, 0.05) is 16.0 Å². The molecule has 1 aliphatic heterocycles. The van der Waals surface area contributed by atoms with Gasteiger partial charge >= 0.3 is 0 Å². The summed E-state index contributed by atoms with van der Waals surface area (Å²) in [6.07, 6.45) is 0.673. The van der Waals surface area contributed by atoms with Gasteiger partial charge in [-0.3, -0.25) is 5.43 Å². The van der Waals surface area contributed by atoms with Crippen molar-refractivity contribution < 1.29 is 0 Å². The van der Waals surface area contributed by atoms with Gasteiger partial charge in [-0.1, -0.05) is 65.3 Å². The molecular weight excluding hydrogens is 389 g/mol. The molecule has 1 aromatic heterocycles. The van der Waals surface area contributed by atoms with Crippen molar-refractivity contribution in [1.29, 1.82) is 0 Å². The molecule has 0 saturated carbocycles. The first-order valence-electron chi connectivity index (χ1n) is 7.96. The molecule has 0 bridgehead atoms. The predicted octanol–water partition coefficient (Wildman–Crippen LogP) is 4.48. The summed E-state index contributed by atoms with van der Waals surface area (Å²) in [7, 11) is 0. The molecule has 0 spiro atoms. The Labute approximate surface area is 165 Å². The number of hydrogen-bond donors (Lipinski definition) is 2. The van der Waals surface area contributed by atoms with Gasteiger partial charge in [-0.05, 0) is 30.2 Å². The van der Waals surface area contributed by atoms with Crippen molar-refractivity contribution in [3.05, 3.63) is 80.9 Å². The molecule has 26 heavy (non-hydrogen) atoms. The van der Waals surface area contributed by atoms with Gasteiger partial charge in [0.05, 0.1) is 16.8 Å². The first-order chi connectivity index (χ1) is 12.6. The maximum Gasteiger partial charge on any atom is 0.214 e. The van der Waals surface area contributed by atoms with Crippen LogP contribution < -0.4 is 11.2 Å². The number of nitrogens with zero attached hydrogens (tertiary/aromatic N) is 3. The Balaban J connectivity index is 1.59. The molecule has 3 N–H and O–H groups in total. The molecule has 3 aromatic rings. The first-order valence-corrected chi connectivity index (χ1v) is 9.59. The van der Waals surface area contributed by atoms with Crippen LogP contribution in [0.3, 0.4) is 0 Å². The van der Waals surface area contributed by atoms with E-state index < -0.39 is 0 Å². The monoisotopic (exact) mass is 403 g/mol. The lowest BCUT2D eigenvalue weighted by molar-refractivity contribution is 0.627. The molecule has 0 fully saturated rings. The predicted molar refractivity (Wildman–Crippen MR) is 107 cm³/mol. The van der Waals surface area contributed by atoms with Gasteiger partial charge in [0.25, 0.3) is 0 Å². The molecule has 5 nitrogen and oxygen atoms in total. The van der Waals surface area contributed by atoms with Crippen LogP contribution in [0.5, 0.6) is 0 Å². The second-order valence-electron chi connectivity index (χ2n) is 5.86. The quantitative estimate of drug-likeness (QED) is 0.671. The number of benzene rings is 2. The van der Waals surface area contributed by atoms with E-state index >= 15 is 0 Å². The fourth-order valence-corrected chi connectivity index (χ4v) is 4.00. The zero-order valence-corrected chi connectivity index (χ0v) is 15.9. The summed E-state index contributed by atoms with van der Waals surface area (Å²) in [6.45, 7) is 0. The summed E-state index contributed by atoms with van der Waals surface area (Å²) in [6, 6.07) is 15.2. The van der Waals surface area contributed by atoms with Crippen LogP contribution in [-0.4, -0.2) is 14.9 Å². The maximum atomic E-state index is 6.39. The van der Waals surface area contributed by atoms with E-state index in [2.05, 4.69) is 15.6 Å². The molecule has 2 aromatic carbocycles. The van der Waals surface area contributed by atoms with Crippen molar-refractivity contribution in [2.24, 2.45) is 5.73 Å². The molecule has 1 aliphatic rings. The van der Waals surface area contributed by atoms with Crippen molar-refractivity contribution in [3.8, 4) is 0 Å². The second-order valence-corrected chi connectivity index (χ2v) is 7.54. The van der Waals surface area contributed by atoms with Gasteiger partial charge in [-0.2, -0.15) is 0 Å². The molecule has 2 heterocycles. The third kappa shape index (κ3) is 3.46. The van der Waals surface area contributed by atoms with E-state index in [1.54, 1.807) is 12.1 Å². The third-order valence-electron chi connectivity index (χ3n) is 4.02. The number of halogens is 2. The number of fused-ring (bicyclic) bond motifs is 1. The number of thioether (sulfide) groups is 1. The van der Waals surface area contributed by atoms with Crippen molar-refractivity contribution in [2.75, 3.05) is 5.43 Å². The fraction of sp³-hybridized carbons (Fsp3) is 0.111. The minimum Gasteiger partial charge on any atom is -0.321 e. The normalized spacial score (nSPS) is 14.3. The Morgan fingerprint density at radius 1 is 1.12 bits per heavy atom. The summed E-state index contributed by atoms with van der Waals surface area (Å²) < 4.78 is 1.82. The topological polar surface area (TPSA) is 68.8 Å². The van der Waals surface area contributed by atoms with E-state index in [1.165, 1.54) is 11.8 Å². The largest absolute Gasteiger partial charge is 0.321 e. The van der Waals surface area contributed by atoms with Crippen molar-refractivity contribution in [1.82, 2.24) is 14.9 Å². The highest BCUT2D eigenvalue weighted by Crippen LogP contribution is 2.33. The van der Waals surface area contributed by atoms with Crippen LogP contribution in [0.25, 0.3) is 5.70 Å². The highest BCUT2D eigenvalue weighted by Gasteiger charge is 2.23. The lowest BCUT2D eigenvalue weighted by Gasteiger charge is -2.21.